The molecule has 19 atom stereocenters. The fourth-order valence-corrected chi connectivity index (χ4v) is 13.1. The van der Waals surface area contributed by atoms with Crippen molar-refractivity contribution < 1.29 is 68.4 Å². The van der Waals surface area contributed by atoms with Crippen LogP contribution in [0.4, 0.5) is 0 Å². The Morgan fingerprint density at radius 3 is 2.14 bits per heavy atom. The van der Waals surface area contributed by atoms with E-state index in [0.29, 0.717) is 31.8 Å². The zero-order valence-electron chi connectivity index (χ0n) is 34.2. The van der Waals surface area contributed by atoms with Gasteiger partial charge >= 0.3 is 23.9 Å². The first kappa shape index (κ1) is 41.7. The van der Waals surface area contributed by atoms with Gasteiger partial charge in [-0.25, -0.2) is 4.79 Å². The third-order valence-electron chi connectivity index (χ3n) is 16.0. The van der Waals surface area contributed by atoms with E-state index in [2.05, 4.69) is 11.8 Å². The summed E-state index contributed by atoms with van der Waals surface area (Å²) in [6, 6.07) is -0.309. The van der Waals surface area contributed by atoms with Crippen molar-refractivity contribution in [1.82, 2.24) is 4.90 Å². The molecule has 0 unspecified atom stereocenters. The molecule has 56 heavy (non-hydrogen) atoms. The minimum absolute atomic E-state index is 0.0107. The standard InChI is InChI=1S/C41H63NO14/c1-10-20(4)34(46)55-33-28(45)27-23(18-42-17-19(3)12-13-25(42)38(27,9)49)24-16-39-32(40(24,33)50)30(53-22(6)44)29(52-21(5)43)31-36(39,7)15-14-26(41(31,51)56-39)54-35(47)37(8,48)11-2/h19-20,23-33,45,48-51H,10-18H2,1-9H3/t19-,20+,23-,24-,25-,26-,27+,28+,29-,30+,31-,32+,33-,36-,37-,38+,39+,40-,41-/m0/s1. The molecular formula is C41H63NO14. The van der Waals surface area contributed by atoms with Crippen molar-refractivity contribution in [3.63, 3.8) is 0 Å². The lowest BCUT2D eigenvalue weighted by Gasteiger charge is -2.64. The van der Waals surface area contributed by atoms with Gasteiger partial charge in [-0.3, -0.25) is 19.3 Å². The quantitative estimate of drug-likeness (QED) is 0.174. The van der Waals surface area contributed by atoms with Crippen molar-refractivity contribution in [1.29, 1.82) is 0 Å². The number of aliphatic hydroxyl groups excluding tert-OH is 1. The molecule has 3 heterocycles. The summed E-state index contributed by atoms with van der Waals surface area (Å²) in [6.45, 7) is 15.5. The molecule has 15 heteroatoms. The molecule has 15 nitrogen and oxygen atoms in total. The predicted molar refractivity (Wildman–Crippen MR) is 195 cm³/mol. The van der Waals surface area contributed by atoms with E-state index >= 15 is 0 Å². The molecule has 7 rings (SSSR count). The summed E-state index contributed by atoms with van der Waals surface area (Å²) >= 11 is 0. The van der Waals surface area contributed by atoms with Crippen LogP contribution in [-0.2, 0) is 42.9 Å². The monoisotopic (exact) mass is 793 g/mol. The lowest BCUT2D eigenvalue weighted by molar-refractivity contribution is -0.301. The molecule has 0 aromatic rings. The largest absolute Gasteiger partial charge is 0.458 e. The van der Waals surface area contributed by atoms with Crippen molar-refractivity contribution >= 4 is 23.9 Å². The Morgan fingerprint density at radius 1 is 0.929 bits per heavy atom. The summed E-state index contributed by atoms with van der Waals surface area (Å²) in [5, 5.41) is 62.9. The van der Waals surface area contributed by atoms with E-state index in [1.165, 1.54) is 20.8 Å². The average Bonchev–Trinajstić information content (AvgIpc) is 3.40. The highest BCUT2D eigenvalue weighted by atomic mass is 16.7. The maximum absolute atomic E-state index is 13.9. The molecule has 1 spiro atoms. The number of piperidine rings is 2. The van der Waals surface area contributed by atoms with E-state index in [1.54, 1.807) is 20.8 Å². The number of carbonyl (C=O) groups is 4. The van der Waals surface area contributed by atoms with Gasteiger partial charge in [0.2, 0.25) is 5.79 Å². The SMILES string of the molecule is CC[C@@H](C)C(=O)O[C@H]1[C@H](O)[C@H]2[C@@H](CN3C[C@@H](C)CC[C@H]3[C@@]2(C)O)[C@@H]2C[C@]34O[C@@]5(O)[C@@H](OC(=O)[C@@](C)(O)CC)CC[C@@]3(C)[C@@H]5[C@@H](OC(C)=O)[C@@H](OC(C)=O)[C@H]4[C@@]21O. The van der Waals surface area contributed by atoms with Crippen LogP contribution in [-0.4, -0.2) is 132 Å². The molecule has 4 aliphatic carbocycles. The van der Waals surface area contributed by atoms with Crippen LogP contribution in [0.2, 0.25) is 0 Å². The lowest BCUT2D eigenvalue weighted by Crippen LogP contribution is -2.78. The van der Waals surface area contributed by atoms with Crippen LogP contribution in [0.1, 0.15) is 107 Å². The normalized spacial score (nSPS) is 50.5. The Kier molecular flexibility index (Phi) is 10.1. The maximum atomic E-state index is 13.9. The van der Waals surface area contributed by atoms with Gasteiger partial charge in [-0.1, -0.05) is 34.6 Å². The molecule has 316 valence electrons. The van der Waals surface area contributed by atoms with E-state index in [9.17, 15) is 44.7 Å². The molecule has 3 aliphatic heterocycles. The first-order chi connectivity index (χ1) is 26.0. The maximum Gasteiger partial charge on any atom is 0.338 e. The van der Waals surface area contributed by atoms with Crippen LogP contribution in [0.25, 0.3) is 0 Å². The van der Waals surface area contributed by atoms with Crippen LogP contribution in [0.3, 0.4) is 0 Å². The molecule has 4 saturated carbocycles. The van der Waals surface area contributed by atoms with Gasteiger partial charge in [0.1, 0.15) is 17.8 Å². The van der Waals surface area contributed by atoms with Crippen molar-refractivity contribution in [3.8, 4) is 0 Å². The van der Waals surface area contributed by atoms with Crippen LogP contribution in [0.5, 0.6) is 0 Å². The zero-order chi connectivity index (χ0) is 41.3. The summed E-state index contributed by atoms with van der Waals surface area (Å²) in [6.07, 6.45) is -5.31. The number of rotatable bonds is 8. The highest BCUT2D eigenvalue weighted by molar-refractivity contribution is 5.79. The highest BCUT2D eigenvalue weighted by Crippen LogP contribution is 2.78. The predicted octanol–water partition coefficient (Wildman–Crippen LogP) is 1.61. The molecule has 7 aliphatic rings. The van der Waals surface area contributed by atoms with Crippen LogP contribution >= 0.6 is 0 Å². The average molecular weight is 794 g/mol. The minimum Gasteiger partial charge on any atom is -0.458 e. The topological polar surface area (TPSA) is 219 Å². The fourth-order valence-electron chi connectivity index (χ4n) is 13.1. The molecule has 4 bridgehead atoms. The number of hydrogen-bond acceptors (Lipinski definition) is 15. The van der Waals surface area contributed by atoms with E-state index < -0.39 is 124 Å². The first-order valence-corrected chi connectivity index (χ1v) is 20.7. The smallest absolute Gasteiger partial charge is 0.338 e. The molecule has 7 fully saturated rings. The molecule has 0 aromatic carbocycles. The Hall–Kier alpha value is -2.40. The van der Waals surface area contributed by atoms with Gasteiger partial charge in [-0.15, -0.1) is 0 Å². The van der Waals surface area contributed by atoms with Gasteiger partial charge in [0, 0.05) is 44.3 Å². The minimum atomic E-state index is -2.38. The number of nitrogens with zero attached hydrogens (tertiary/aromatic N) is 1. The fraction of sp³-hybridized carbons (Fsp3) is 0.902. The van der Waals surface area contributed by atoms with Crippen molar-refractivity contribution in [2.45, 2.75) is 172 Å². The van der Waals surface area contributed by atoms with E-state index in [0.717, 1.165) is 6.42 Å². The summed E-state index contributed by atoms with van der Waals surface area (Å²) in [4.78, 5) is 55.6. The number of hydrogen-bond donors (Lipinski definition) is 5. The van der Waals surface area contributed by atoms with Crippen LogP contribution < -0.4 is 0 Å². The molecule has 0 aromatic heterocycles. The third kappa shape index (κ3) is 5.60. The Morgan fingerprint density at radius 2 is 1.55 bits per heavy atom. The zero-order valence-corrected chi connectivity index (χ0v) is 34.2. The highest BCUT2D eigenvalue weighted by Gasteiger charge is 2.90. The number of aliphatic hydroxyl groups is 5. The van der Waals surface area contributed by atoms with Gasteiger partial charge in [-0.2, -0.15) is 0 Å². The van der Waals surface area contributed by atoms with Crippen LogP contribution in [0.15, 0.2) is 0 Å². The Bertz CT molecular complexity index is 1620. The van der Waals surface area contributed by atoms with Crippen LogP contribution in [0, 0.1) is 46.8 Å². The Balaban J connectivity index is 1.45. The number of fused-ring (bicyclic) bond motifs is 5. The van der Waals surface area contributed by atoms with Gasteiger partial charge in [0.05, 0.1) is 35.1 Å². The summed E-state index contributed by atoms with van der Waals surface area (Å²) in [7, 11) is 0. The van der Waals surface area contributed by atoms with E-state index in [-0.39, 0.29) is 31.7 Å². The van der Waals surface area contributed by atoms with Crippen molar-refractivity contribution in [2.75, 3.05) is 13.1 Å². The van der Waals surface area contributed by atoms with Crippen molar-refractivity contribution in [2.24, 2.45) is 46.8 Å². The second-order valence-corrected chi connectivity index (χ2v) is 19.2. The van der Waals surface area contributed by atoms with E-state index in [4.69, 9.17) is 23.7 Å². The molecular weight excluding hydrogens is 730 g/mol. The van der Waals surface area contributed by atoms with Crippen molar-refractivity contribution in [3.05, 3.63) is 0 Å². The summed E-state index contributed by atoms with van der Waals surface area (Å²) in [5.41, 5.74) is -8.37. The summed E-state index contributed by atoms with van der Waals surface area (Å²) < 4.78 is 31.3. The van der Waals surface area contributed by atoms with Gasteiger partial charge < -0.3 is 49.2 Å². The van der Waals surface area contributed by atoms with Gasteiger partial charge in [0.25, 0.3) is 0 Å². The first-order valence-electron chi connectivity index (χ1n) is 20.7. The second kappa shape index (κ2) is 13.6. The molecule has 0 amide bonds. The summed E-state index contributed by atoms with van der Waals surface area (Å²) in [5.74, 6) is -10.8. The molecule has 5 N–H and O–H groups in total. The second-order valence-electron chi connectivity index (χ2n) is 19.2. The number of ether oxygens (including phenoxy) is 5. The molecule has 0 radical (unpaired) electrons. The van der Waals surface area contributed by atoms with Gasteiger partial charge in [0.15, 0.2) is 17.8 Å². The Labute approximate surface area is 328 Å². The number of carbonyl (C=O) groups excluding carboxylic acids is 4. The third-order valence-corrected chi connectivity index (χ3v) is 16.0. The number of esters is 4. The molecule has 3 saturated heterocycles. The van der Waals surface area contributed by atoms with E-state index in [1.807, 2.05) is 13.8 Å². The van der Waals surface area contributed by atoms with Gasteiger partial charge in [-0.05, 0) is 76.5 Å². The lowest BCUT2D eigenvalue weighted by atomic mass is 9.48.